The molecule has 1 fully saturated rings. The van der Waals surface area contributed by atoms with Crippen LogP contribution >= 0.6 is 22.9 Å². The van der Waals surface area contributed by atoms with Gasteiger partial charge in [0.2, 0.25) is 0 Å². The van der Waals surface area contributed by atoms with Gasteiger partial charge in [-0.15, -0.1) is 11.3 Å². The van der Waals surface area contributed by atoms with Crippen LogP contribution in [0.3, 0.4) is 0 Å². The molecule has 0 bridgehead atoms. The van der Waals surface area contributed by atoms with E-state index >= 15 is 0 Å². The van der Waals surface area contributed by atoms with E-state index in [-0.39, 0.29) is 5.92 Å². The van der Waals surface area contributed by atoms with Gasteiger partial charge in [-0.2, -0.15) is 0 Å². The average Bonchev–Trinajstić information content (AvgIpc) is 3.21. The standard InChI is InChI=1S/C19H23ClN2O2S/c1-21-9-4-7-17(21)15(18-16(20)8-12-25-18)6-3-11-22-10-2-5-14(13-22)19(23)24/h4,6-9,12,14H,2-3,5,10-11,13H2,1H3,(H,23,24)/b15-6+. The van der Waals surface area contributed by atoms with Crippen LogP contribution in [0.15, 0.2) is 35.9 Å². The highest BCUT2D eigenvalue weighted by Gasteiger charge is 2.24. The number of aliphatic carboxylic acids is 1. The number of nitrogens with zero attached hydrogens (tertiary/aromatic N) is 2. The van der Waals surface area contributed by atoms with Crippen molar-refractivity contribution in [2.45, 2.75) is 19.3 Å². The lowest BCUT2D eigenvalue weighted by Crippen LogP contribution is -2.39. The van der Waals surface area contributed by atoms with E-state index in [2.05, 4.69) is 21.6 Å². The lowest BCUT2D eigenvalue weighted by atomic mass is 9.98. The predicted molar refractivity (Wildman–Crippen MR) is 103 cm³/mol. The normalized spacial score (nSPS) is 19.3. The second kappa shape index (κ2) is 8.21. The summed E-state index contributed by atoms with van der Waals surface area (Å²) in [5, 5.41) is 12.0. The van der Waals surface area contributed by atoms with Gasteiger partial charge < -0.3 is 14.6 Å². The van der Waals surface area contributed by atoms with E-state index in [1.807, 2.05) is 30.8 Å². The molecule has 6 heteroatoms. The molecule has 0 radical (unpaired) electrons. The number of thiophene rings is 1. The van der Waals surface area contributed by atoms with Crippen molar-refractivity contribution in [2.24, 2.45) is 13.0 Å². The highest BCUT2D eigenvalue weighted by Crippen LogP contribution is 2.34. The minimum atomic E-state index is -0.671. The van der Waals surface area contributed by atoms with E-state index < -0.39 is 5.97 Å². The van der Waals surface area contributed by atoms with E-state index in [4.69, 9.17) is 11.6 Å². The maximum atomic E-state index is 11.2. The summed E-state index contributed by atoms with van der Waals surface area (Å²) in [4.78, 5) is 14.6. The number of hydrogen-bond donors (Lipinski definition) is 1. The molecule has 3 rings (SSSR count). The first-order chi connectivity index (χ1) is 12.1. The minimum absolute atomic E-state index is 0.225. The Morgan fingerprint density at radius 3 is 2.96 bits per heavy atom. The number of hydrogen-bond acceptors (Lipinski definition) is 3. The summed E-state index contributed by atoms with van der Waals surface area (Å²) in [6.45, 7) is 2.51. The van der Waals surface area contributed by atoms with Crippen LogP contribution in [0.1, 0.15) is 29.8 Å². The summed E-state index contributed by atoms with van der Waals surface area (Å²) < 4.78 is 2.10. The molecule has 4 nitrogen and oxygen atoms in total. The first-order valence-electron chi connectivity index (χ1n) is 8.56. The summed E-state index contributed by atoms with van der Waals surface area (Å²) in [6, 6.07) is 6.07. The SMILES string of the molecule is Cn1cccc1/C(=C\CCN1CCCC(C(=O)O)C1)c1sccc1Cl. The van der Waals surface area contributed by atoms with Crippen molar-refractivity contribution < 1.29 is 9.90 Å². The van der Waals surface area contributed by atoms with Crippen molar-refractivity contribution in [3.63, 3.8) is 0 Å². The average molecular weight is 379 g/mol. The number of likely N-dealkylation sites (tertiary alicyclic amines) is 1. The van der Waals surface area contributed by atoms with Crippen LogP contribution in [0.5, 0.6) is 0 Å². The lowest BCUT2D eigenvalue weighted by molar-refractivity contribution is -0.143. The monoisotopic (exact) mass is 378 g/mol. The molecule has 25 heavy (non-hydrogen) atoms. The third-order valence-corrected chi connectivity index (χ3v) is 6.10. The summed E-state index contributed by atoms with van der Waals surface area (Å²) in [6.07, 6.45) is 6.90. The molecule has 0 aliphatic carbocycles. The summed E-state index contributed by atoms with van der Waals surface area (Å²) in [5.74, 6) is -0.896. The van der Waals surface area contributed by atoms with E-state index in [0.717, 1.165) is 53.5 Å². The molecular formula is C19H23ClN2O2S. The van der Waals surface area contributed by atoms with E-state index in [0.29, 0.717) is 6.54 Å². The van der Waals surface area contributed by atoms with Gasteiger partial charge in [0, 0.05) is 37.6 Å². The molecular weight excluding hydrogens is 356 g/mol. The first-order valence-corrected chi connectivity index (χ1v) is 9.82. The number of carboxylic acid groups (broad SMARTS) is 1. The topological polar surface area (TPSA) is 45.5 Å². The molecule has 3 heterocycles. The summed E-state index contributed by atoms with van der Waals surface area (Å²) in [7, 11) is 2.03. The molecule has 0 amide bonds. The Balaban J connectivity index is 1.73. The largest absolute Gasteiger partial charge is 0.481 e. The summed E-state index contributed by atoms with van der Waals surface area (Å²) in [5.41, 5.74) is 2.30. The van der Waals surface area contributed by atoms with Gasteiger partial charge in [0.25, 0.3) is 0 Å². The second-order valence-corrected chi connectivity index (χ2v) is 7.81. The Kier molecular flexibility index (Phi) is 5.99. The maximum absolute atomic E-state index is 11.2. The third kappa shape index (κ3) is 4.35. The van der Waals surface area contributed by atoms with E-state index in [9.17, 15) is 9.90 Å². The van der Waals surface area contributed by atoms with E-state index in [1.165, 1.54) is 0 Å². The molecule has 0 saturated carbocycles. The lowest BCUT2D eigenvalue weighted by Gasteiger charge is -2.30. The first kappa shape index (κ1) is 18.2. The maximum Gasteiger partial charge on any atom is 0.307 e. The van der Waals surface area contributed by atoms with Gasteiger partial charge in [-0.1, -0.05) is 17.7 Å². The number of aromatic nitrogens is 1. The smallest absolute Gasteiger partial charge is 0.307 e. The fraction of sp³-hybridized carbons (Fsp3) is 0.421. The van der Waals surface area contributed by atoms with Gasteiger partial charge in [-0.3, -0.25) is 4.79 Å². The molecule has 1 atom stereocenters. The molecule has 134 valence electrons. The van der Waals surface area contributed by atoms with Crippen molar-refractivity contribution in [1.82, 2.24) is 9.47 Å². The third-order valence-electron chi connectivity index (χ3n) is 4.73. The Labute approximate surface area is 157 Å². The van der Waals surface area contributed by atoms with Gasteiger partial charge >= 0.3 is 5.97 Å². The zero-order valence-electron chi connectivity index (χ0n) is 14.3. The van der Waals surface area contributed by atoms with Gasteiger partial charge in [0.1, 0.15) is 0 Å². The van der Waals surface area contributed by atoms with Gasteiger partial charge in [-0.25, -0.2) is 0 Å². The summed E-state index contributed by atoms with van der Waals surface area (Å²) >= 11 is 8.02. The van der Waals surface area contributed by atoms with Crippen LogP contribution in [0.4, 0.5) is 0 Å². The predicted octanol–water partition coefficient (Wildman–Crippen LogP) is 4.36. The minimum Gasteiger partial charge on any atom is -0.481 e. The van der Waals surface area contributed by atoms with Crippen molar-refractivity contribution >= 4 is 34.5 Å². The van der Waals surface area contributed by atoms with Crippen LogP contribution in [-0.4, -0.2) is 40.2 Å². The van der Waals surface area contributed by atoms with Crippen molar-refractivity contribution in [3.05, 3.63) is 51.4 Å². The van der Waals surface area contributed by atoms with Gasteiger partial charge in [-0.05, 0) is 49.4 Å². The Hall–Kier alpha value is -1.56. The Morgan fingerprint density at radius 1 is 1.48 bits per heavy atom. The molecule has 0 aromatic carbocycles. The molecule has 2 aromatic heterocycles. The molecule has 1 aliphatic rings. The zero-order valence-corrected chi connectivity index (χ0v) is 15.9. The number of aryl methyl sites for hydroxylation is 1. The van der Waals surface area contributed by atoms with Crippen molar-refractivity contribution in [3.8, 4) is 0 Å². The van der Waals surface area contributed by atoms with Crippen LogP contribution in [0.2, 0.25) is 5.02 Å². The number of halogens is 1. The fourth-order valence-corrected chi connectivity index (χ4v) is 4.60. The van der Waals surface area contributed by atoms with Crippen molar-refractivity contribution in [2.75, 3.05) is 19.6 Å². The molecule has 0 spiro atoms. The second-order valence-electron chi connectivity index (χ2n) is 6.49. The van der Waals surface area contributed by atoms with Crippen LogP contribution in [0, 0.1) is 5.92 Å². The zero-order chi connectivity index (χ0) is 17.8. The highest BCUT2D eigenvalue weighted by atomic mass is 35.5. The quantitative estimate of drug-likeness (QED) is 0.812. The van der Waals surface area contributed by atoms with Crippen LogP contribution < -0.4 is 0 Å². The Morgan fingerprint density at radius 2 is 2.32 bits per heavy atom. The number of rotatable bonds is 6. The van der Waals surface area contributed by atoms with Crippen LogP contribution in [-0.2, 0) is 11.8 Å². The number of carboxylic acids is 1. The number of carbonyl (C=O) groups is 1. The fourth-order valence-electron chi connectivity index (χ4n) is 3.39. The highest BCUT2D eigenvalue weighted by molar-refractivity contribution is 7.11. The van der Waals surface area contributed by atoms with E-state index in [1.54, 1.807) is 11.3 Å². The molecule has 1 aliphatic heterocycles. The number of piperidine rings is 1. The molecule has 1 saturated heterocycles. The molecule has 2 aromatic rings. The van der Waals surface area contributed by atoms with Crippen LogP contribution in [0.25, 0.3) is 5.57 Å². The molecule has 1 N–H and O–H groups in total. The Bertz CT molecular complexity index is 723. The van der Waals surface area contributed by atoms with Gasteiger partial charge in [0.15, 0.2) is 0 Å². The van der Waals surface area contributed by atoms with Crippen molar-refractivity contribution in [1.29, 1.82) is 0 Å². The van der Waals surface area contributed by atoms with Gasteiger partial charge in [0.05, 0.1) is 15.8 Å². The molecule has 1 unspecified atom stereocenters.